The van der Waals surface area contributed by atoms with Crippen LogP contribution in [0.15, 0.2) is 52.5 Å². The van der Waals surface area contributed by atoms with E-state index in [1.54, 1.807) is 35.8 Å². The van der Waals surface area contributed by atoms with Gasteiger partial charge in [0, 0.05) is 23.5 Å². The maximum atomic E-state index is 10.9. The Balaban J connectivity index is 1.62. The number of benzene rings is 1. The van der Waals surface area contributed by atoms with Crippen molar-refractivity contribution in [1.82, 2.24) is 4.90 Å². The molecule has 2 aromatic heterocycles. The average molecular weight is 416 g/mol. The molecule has 1 N–H and O–H groups in total. The van der Waals surface area contributed by atoms with E-state index in [4.69, 9.17) is 13.9 Å². The van der Waals surface area contributed by atoms with Gasteiger partial charge in [0.2, 0.25) is 0 Å². The number of furan rings is 1. The zero-order valence-corrected chi connectivity index (χ0v) is 17.4. The van der Waals surface area contributed by atoms with Crippen molar-refractivity contribution in [2.24, 2.45) is 0 Å². The predicted octanol–water partition coefficient (Wildman–Crippen LogP) is 3.91. The van der Waals surface area contributed by atoms with Crippen LogP contribution in [-0.4, -0.2) is 42.7 Å². The number of aliphatic hydroxyl groups is 1. The van der Waals surface area contributed by atoms with Gasteiger partial charge in [-0.3, -0.25) is 9.69 Å². The van der Waals surface area contributed by atoms with E-state index in [0.717, 1.165) is 18.6 Å². The van der Waals surface area contributed by atoms with E-state index in [1.807, 2.05) is 12.1 Å². The number of hydrogen-bond acceptors (Lipinski definition) is 7. The fourth-order valence-electron chi connectivity index (χ4n) is 2.99. The molecule has 1 unspecified atom stereocenters. The molecule has 0 aliphatic rings. The third-order valence-electron chi connectivity index (χ3n) is 4.52. The van der Waals surface area contributed by atoms with Crippen LogP contribution in [0.4, 0.5) is 0 Å². The molecule has 3 aromatic rings. The zero-order chi connectivity index (χ0) is 20.6. The van der Waals surface area contributed by atoms with E-state index in [1.165, 1.54) is 17.6 Å². The van der Waals surface area contributed by atoms with Crippen LogP contribution < -0.4 is 9.47 Å². The SMILES string of the molecule is COc1cc(C=O)ccc1OCC(O)CN(Cc1ccco1)Cc1sccc1C. The summed E-state index contributed by atoms with van der Waals surface area (Å²) in [6.45, 7) is 3.94. The molecule has 29 heavy (non-hydrogen) atoms. The highest BCUT2D eigenvalue weighted by Crippen LogP contribution is 2.28. The first kappa shape index (κ1) is 21.1. The van der Waals surface area contributed by atoms with Gasteiger partial charge in [0.1, 0.15) is 24.8 Å². The van der Waals surface area contributed by atoms with Crippen LogP contribution in [0.2, 0.25) is 0 Å². The van der Waals surface area contributed by atoms with Gasteiger partial charge in [-0.15, -0.1) is 11.3 Å². The van der Waals surface area contributed by atoms with Crippen molar-refractivity contribution in [3.63, 3.8) is 0 Å². The Kier molecular flexibility index (Phi) is 7.46. The number of nitrogens with zero attached hydrogens (tertiary/aromatic N) is 1. The Morgan fingerprint density at radius 1 is 1.24 bits per heavy atom. The van der Waals surface area contributed by atoms with Crippen molar-refractivity contribution in [3.8, 4) is 11.5 Å². The lowest BCUT2D eigenvalue weighted by Crippen LogP contribution is -2.35. The molecule has 0 aliphatic heterocycles. The second-order valence-corrected chi connectivity index (χ2v) is 7.77. The zero-order valence-electron chi connectivity index (χ0n) is 16.5. The summed E-state index contributed by atoms with van der Waals surface area (Å²) in [7, 11) is 1.52. The minimum atomic E-state index is -0.708. The predicted molar refractivity (Wildman–Crippen MR) is 112 cm³/mol. The third kappa shape index (κ3) is 5.93. The standard InChI is InChI=1S/C22H25NO5S/c1-16-7-9-29-22(16)13-23(12-19-4-3-8-27-19)11-18(25)15-28-20-6-5-17(14-24)10-21(20)26-2/h3-10,14,18,25H,11-13,15H2,1-2H3. The molecule has 1 aromatic carbocycles. The monoisotopic (exact) mass is 415 g/mol. The van der Waals surface area contributed by atoms with Crippen molar-refractivity contribution >= 4 is 17.6 Å². The van der Waals surface area contributed by atoms with Crippen LogP contribution in [0.1, 0.15) is 26.6 Å². The van der Waals surface area contributed by atoms with E-state index in [2.05, 4.69) is 23.3 Å². The number of aliphatic hydroxyl groups excluding tert-OH is 1. The van der Waals surface area contributed by atoms with Gasteiger partial charge in [-0.05, 0) is 54.3 Å². The van der Waals surface area contributed by atoms with Gasteiger partial charge >= 0.3 is 0 Å². The molecule has 3 rings (SSSR count). The van der Waals surface area contributed by atoms with Crippen molar-refractivity contribution in [2.45, 2.75) is 26.1 Å². The fourth-order valence-corrected chi connectivity index (χ4v) is 3.94. The number of hydrogen-bond donors (Lipinski definition) is 1. The summed E-state index contributed by atoms with van der Waals surface area (Å²) in [6, 6.07) is 10.8. The summed E-state index contributed by atoms with van der Waals surface area (Å²) in [5.74, 6) is 1.80. The molecule has 0 amide bonds. The van der Waals surface area contributed by atoms with E-state index in [9.17, 15) is 9.90 Å². The summed E-state index contributed by atoms with van der Waals surface area (Å²) in [5.41, 5.74) is 1.75. The number of carbonyl (C=O) groups is 1. The number of carbonyl (C=O) groups excluding carboxylic acids is 1. The number of aryl methyl sites for hydroxylation is 1. The molecule has 7 heteroatoms. The van der Waals surface area contributed by atoms with E-state index < -0.39 is 6.10 Å². The minimum absolute atomic E-state index is 0.106. The first-order valence-corrected chi connectivity index (χ1v) is 10.2. The van der Waals surface area contributed by atoms with E-state index >= 15 is 0 Å². The largest absolute Gasteiger partial charge is 0.493 e. The normalized spacial score (nSPS) is 12.1. The number of thiophene rings is 1. The molecule has 6 nitrogen and oxygen atoms in total. The van der Waals surface area contributed by atoms with Gasteiger partial charge in [-0.25, -0.2) is 0 Å². The average Bonchev–Trinajstić information content (AvgIpc) is 3.38. The second-order valence-electron chi connectivity index (χ2n) is 6.77. The molecule has 0 spiro atoms. The van der Waals surface area contributed by atoms with Crippen molar-refractivity contribution in [1.29, 1.82) is 0 Å². The maximum Gasteiger partial charge on any atom is 0.161 e. The van der Waals surface area contributed by atoms with E-state index in [0.29, 0.717) is 30.2 Å². The van der Waals surface area contributed by atoms with Crippen molar-refractivity contribution in [3.05, 3.63) is 69.8 Å². The Morgan fingerprint density at radius 2 is 2.10 bits per heavy atom. The first-order valence-electron chi connectivity index (χ1n) is 9.31. The van der Waals surface area contributed by atoms with Crippen molar-refractivity contribution < 1.29 is 23.8 Å². The number of ether oxygens (including phenoxy) is 2. The van der Waals surface area contributed by atoms with Crippen LogP contribution in [-0.2, 0) is 13.1 Å². The van der Waals surface area contributed by atoms with Crippen LogP contribution in [0.3, 0.4) is 0 Å². The topological polar surface area (TPSA) is 72.1 Å². The lowest BCUT2D eigenvalue weighted by molar-refractivity contribution is 0.0599. The summed E-state index contributed by atoms with van der Waals surface area (Å²) in [6.07, 6.45) is 1.69. The number of methoxy groups -OCH3 is 1. The molecule has 2 heterocycles. The highest BCUT2D eigenvalue weighted by molar-refractivity contribution is 7.10. The molecule has 1 atom stereocenters. The molecular weight excluding hydrogens is 390 g/mol. The Hall–Kier alpha value is -2.61. The summed E-state index contributed by atoms with van der Waals surface area (Å²) in [4.78, 5) is 14.3. The highest BCUT2D eigenvalue weighted by Gasteiger charge is 2.17. The van der Waals surface area contributed by atoms with Gasteiger partial charge in [-0.2, -0.15) is 0 Å². The van der Waals surface area contributed by atoms with Crippen molar-refractivity contribution in [2.75, 3.05) is 20.3 Å². The molecular formula is C22H25NO5S. The van der Waals surface area contributed by atoms with Gasteiger partial charge in [0.25, 0.3) is 0 Å². The van der Waals surface area contributed by atoms with Crippen LogP contribution in [0.25, 0.3) is 0 Å². The van der Waals surface area contributed by atoms with Gasteiger partial charge in [0.05, 0.1) is 19.9 Å². The maximum absolute atomic E-state index is 10.9. The summed E-state index contributed by atoms with van der Waals surface area (Å²) < 4.78 is 16.5. The Bertz CT molecular complexity index is 906. The van der Waals surface area contributed by atoms with Crippen LogP contribution in [0.5, 0.6) is 11.5 Å². The number of rotatable bonds is 11. The second kappa shape index (κ2) is 10.2. The van der Waals surface area contributed by atoms with Gasteiger partial charge in [0.15, 0.2) is 11.5 Å². The number of aldehydes is 1. The molecule has 154 valence electrons. The summed E-state index contributed by atoms with van der Waals surface area (Å²) in [5, 5.41) is 12.7. The van der Waals surface area contributed by atoms with Crippen LogP contribution in [0, 0.1) is 6.92 Å². The molecule has 0 fully saturated rings. The lowest BCUT2D eigenvalue weighted by Gasteiger charge is -2.24. The molecule has 0 saturated carbocycles. The Labute approximate surface area is 174 Å². The minimum Gasteiger partial charge on any atom is -0.493 e. The molecule has 0 radical (unpaired) electrons. The lowest BCUT2D eigenvalue weighted by atomic mass is 10.2. The fraction of sp³-hybridized carbons (Fsp3) is 0.318. The quantitative estimate of drug-likeness (QED) is 0.479. The highest BCUT2D eigenvalue weighted by atomic mass is 32.1. The van der Waals surface area contributed by atoms with E-state index in [-0.39, 0.29) is 6.61 Å². The van der Waals surface area contributed by atoms with Gasteiger partial charge < -0.3 is 19.0 Å². The molecule has 0 bridgehead atoms. The third-order valence-corrected chi connectivity index (χ3v) is 5.53. The first-order chi connectivity index (χ1) is 14.1. The molecule has 0 saturated heterocycles. The Morgan fingerprint density at radius 3 is 2.76 bits per heavy atom. The summed E-state index contributed by atoms with van der Waals surface area (Å²) >= 11 is 1.71. The van der Waals surface area contributed by atoms with Crippen LogP contribution >= 0.6 is 11.3 Å². The smallest absolute Gasteiger partial charge is 0.161 e. The van der Waals surface area contributed by atoms with Gasteiger partial charge in [-0.1, -0.05) is 0 Å². The molecule has 0 aliphatic carbocycles.